The van der Waals surface area contributed by atoms with Crippen LogP contribution in [-0.2, 0) is 0 Å². The van der Waals surface area contributed by atoms with E-state index in [1.165, 1.54) is 6.07 Å². The van der Waals surface area contributed by atoms with Crippen molar-refractivity contribution in [2.75, 3.05) is 11.1 Å². The quantitative estimate of drug-likeness (QED) is 0.348. The Balaban J connectivity index is 1.57. The van der Waals surface area contributed by atoms with Gasteiger partial charge in [-0.2, -0.15) is 5.10 Å². The number of rotatable bonds is 3. The summed E-state index contributed by atoms with van der Waals surface area (Å²) < 4.78 is 0. The molecule has 0 fully saturated rings. The van der Waals surface area contributed by atoms with Gasteiger partial charge < -0.3 is 16.2 Å². The van der Waals surface area contributed by atoms with Gasteiger partial charge in [-0.3, -0.25) is 9.89 Å². The molecular weight excluding hydrogens is 376 g/mol. The fourth-order valence-electron chi connectivity index (χ4n) is 3.77. The molecule has 0 atom stereocenters. The van der Waals surface area contributed by atoms with Gasteiger partial charge in [0.1, 0.15) is 5.75 Å². The number of hydrogen-bond acceptors (Lipinski definition) is 4. The molecule has 6 nitrogen and oxygen atoms in total. The number of nitrogen functional groups attached to an aromatic ring is 1. The van der Waals surface area contributed by atoms with Crippen LogP contribution < -0.4 is 11.1 Å². The first-order valence-corrected chi connectivity index (χ1v) is 9.46. The predicted octanol–water partition coefficient (Wildman–Crippen LogP) is 4.92. The van der Waals surface area contributed by atoms with Gasteiger partial charge in [0.2, 0.25) is 0 Å². The van der Waals surface area contributed by atoms with Crippen molar-refractivity contribution in [2.45, 2.75) is 0 Å². The zero-order valence-corrected chi connectivity index (χ0v) is 15.9. The van der Waals surface area contributed by atoms with Crippen molar-refractivity contribution in [3.8, 4) is 16.9 Å². The second-order valence-corrected chi connectivity index (χ2v) is 7.08. The smallest absolute Gasteiger partial charge is 0.256 e. The number of nitrogens with one attached hydrogen (secondary N) is 2. The van der Waals surface area contributed by atoms with E-state index in [2.05, 4.69) is 15.5 Å². The highest BCUT2D eigenvalue weighted by Crippen LogP contribution is 2.33. The Bertz CT molecular complexity index is 1420. The van der Waals surface area contributed by atoms with Crippen LogP contribution in [0.2, 0.25) is 0 Å². The summed E-state index contributed by atoms with van der Waals surface area (Å²) in [6, 6.07) is 24.0. The number of hydrogen-bond donors (Lipinski definition) is 4. The number of anilines is 2. The summed E-state index contributed by atoms with van der Waals surface area (Å²) in [6.45, 7) is 0. The number of fused-ring (bicyclic) bond motifs is 2. The lowest BCUT2D eigenvalue weighted by Crippen LogP contribution is -2.12. The van der Waals surface area contributed by atoms with Crippen molar-refractivity contribution in [3.63, 3.8) is 0 Å². The van der Waals surface area contributed by atoms with Gasteiger partial charge in [0.15, 0.2) is 5.82 Å². The lowest BCUT2D eigenvalue weighted by Gasteiger charge is -2.10. The largest absolute Gasteiger partial charge is 0.508 e. The number of phenolic OH excluding ortho intramolecular Hbond substituents is 1. The van der Waals surface area contributed by atoms with Crippen molar-refractivity contribution in [1.29, 1.82) is 0 Å². The third-order valence-electron chi connectivity index (χ3n) is 5.16. The van der Waals surface area contributed by atoms with Gasteiger partial charge in [-0.05, 0) is 52.2 Å². The molecule has 0 saturated heterocycles. The lowest BCUT2D eigenvalue weighted by atomic mass is 9.96. The highest BCUT2D eigenvalue weighted by molar-refractivity contribution is 6.13. The Kier molecular flexibility index (Phi) is 4.10. The average Bonchev–Trinajstić information content (AvgIpc) is 3.14. The van der Waals surface area contributed by atoms with Crippen molar-refractivity contribution in [3.05, 3.63) is 84.4 Å². The van der Waals surface area contributed by atoms with Crippen molar-refractivity contribution in [1.82, 2.24) is 10.2 Å². The van der Waals surface area contributed by atoms with Gasteiger partial charge in [-0.15, -0.1) is 0 Å². The number of amides is 1. The maximum Gasteiger partial charge on any atom is 0.256 e. The first-order valence-electron chi connectivity index (χ1n) is 9.46. The zero-order valence-electron chi connectivity index (χ0n) is 15.9. The maximum absolute atomic E-state index is 12.9. The minimum absolute atomic E-state index is 0.100. The molecule has 0 aliphatic rings. The van der Waals surface area contributed by atoms with E-state index < -0.39 is 0 Å². The topological polar surface area (TPSA) is 104 Å². The highest BCUT2D eigenvalue weighted by atomic mass is 16.3. The third kappa shape index (κ3) is 3.00. The van der Waals surface area contributed by atoms with Crippen molar-refractivity contribution in [2.24, 2.45) is 0 Å². The zero-order chi connectivity index (χ0) is 20.7. The molecule has 0 spiro atoms. The van der Waals surface area contributed by atoms with E-state index in [0.717, 1.165) is 32.8 Å². The van der Waals surface area contributed by atoms with E-state index in [0.29, 0.717) is 17.1 Å². The number of nitrogens with zero attached hydrogens (tertiary/aromatic N) is 1. The summed E-state index contributed by atoms with van der Waals surface area (Å²) in [5, 5.41) is 22.2. The Morgan fingerprint density at radius 1 is 0.967 bits per heavy atom. The lowest BCUT2D eigenvalue weighted by molar-refractivity contribution is 0.102. The first kappa shape index (κ1) is 17.8. The number of H-pyrrole nitrogens is 1. The van der Waals surface area contributed by atoms with Crippen LogP contribution in [-0.4, -0.2) is 21.2 Å². The number of benzene rings is 4. The molecule has 1 aromatic heterocycles. The molecule has 0 bridgehead atoms. The summed E-state index contributed by atoms with van der Waals surface area (Å²) in [5.41, 5.74) is 10.0. The van der Waals surface area contributed by atoms with Crippen LogP contribution in [0.4, 0.5) is 11.5 Å². The van der Waals surface area contributed by atoms with Crippen LogP contribution in [0.15, 0.2) is 78.9 Å². The highest BCUT2D eigenvalue weighted by Gasteiger charge is 2.13. The van der Waals surface area contributed by atoms with E-state index in [9.17, 15) is 9.90 Å². The summed E-state index contributed by atoms with van der Waals surface area (Å²) in [7, 11) is 0. The molecule has 0 aliphatic carbocycles. The van der Waals surface area contributed by atoms with Gasteiger partial charge in [-0.25, -0.2) is 0 Å². The molecule has 4 aromatic carbocycles. The predicted molar refractivity (Wildman–Crippen MR) is 120 cm³/mol. The van der Waals surface area contributed by atoms with E-state index in [1.807, 2.05) is 48.5 Å². The monoisotopic (exact) mass is 394 g/mol. The minimum Gasteiger partial charge on any atom is -0.508 e. The van der Waals surface area contributed by atoms with Crippen molar-refractivity contribution >= 4 is 39.1 Å². The molecule has 6 heteroatoms. The summed E-state index contributed by atoms with van der Waals surface area (Å²) in [5.74, 6) is 0.322. The number of nitrogens with two attached hydrogens (primary N) is 1. The van der Waals surface area contributed by atoms with Crippen molar-refractivity contribution < 1.29 is 9.90 Å². The number of aromatic amines is 1. The number of aromatic nitrogens is 2. The standard InChI is InChI=1S/C24H18N4O2/c25-23-22-19(7-3-9-21(22)27-28-23)15-10-11-18-14(12-15)4-1-8-20(18)24(30)26-16-5-2-6-17(29)13-16/h1-13,29H,(H,26,30)(H3,25,27,28). The fraction of sp³-hybridized carbons (Fsp3) is 0. The molecule has 5 rings (SSSR count). The third-order valence-corrected chi connectivity index (χ3v) is 5.16. The summed E-state index contributed by atoms with van der Waals surface area (Å²) in [6.07, 6.45) is 0. The Morgan fingerprint density at radius 2 is 1.80 bits per heavy atom. The van der Waals surface area contributed by atoms with Gasteiger partial charge in [0.05, 0.1) is 10.9 Å². The van der Waals surface area contributed by atoms with E-state index in [-0.39, 0.29) is 11.7 Å². The maximum atomic E-state index is 12.9. The van der Waals surface area contributed by atoms with Gasteiger partial charge in [-0.1, -0.05) is 42.5 Å². The minimum atomic E-state index is -0.236. The number of carbonyl (C=O) groups is 1. The van der Waals surface area contributed by atoms with Gasteiger partial charge >= 0.3 is 0 Å². The number of aromatic hydroxyl groups is 1. The first-order chi connectivity index (χ1) is 14.6. The molecular formula is C24H18N4O2. The molecule has 0 radical (unpaired) electrons. The summed E-state index contributed by atoms with van der Waals surface area (Å²) in [4.78, 5) is 12.9. The van der Waals surface area contributed by atoms with E-state index >= 15 is 0 Å². The van der Waals surface area contributed by atoms with Crippen LogP contribution in [0.1, 0.15) is 10.4 Å². The molecule has 5 N–H and O–H groups in total. The van der Waals surface area contributed by atoms with Gasteiger partial charge in [0.25, 0.3) is 5.91 Å². The molecule has 0 saturated carbocycles. The Hall–Kier alpha value is -4.32. The van der Waals surface area contributed by atoms with E-state index in [4.69, 9.17) is 5.73 Å². The molecule has 5 aromatic rings. The van der Waals surface area contributed by atoms with Crippen LogP contribution in [0.25, 0.3) is 32.8 Å². The van der Waals surface area contributed by atoms with Crippen LogP contribution in [0, 0.1) is 0 Å². The molecule has 30 heavy (non-hydrogen) atoms. The second-order valence-electron chi connectivity index (χ2n) is 7.08. The molecule has 146 valence electrons. The molecule has 1 amide bonds. The number of carbonyl (C=O) groups excluding carboxylic acids is 1. The summed E-state index contributed by atoms with van der Waals surface area (Å²) >= 11 is 0. The van der Waals surface area contributed by atoms with Crippen LogP contribution >= 0.6 is 0 Å². The average molecular weight is 394 g/mol. The second kappa shape index (κ2) is 6.93. The Labute approximate surface area is 172 Å². The normalized spacial score (nSPS) is 11.1. The molecule has 1 heterocycles. The van der Waals surface area contributed by atoms with E-state index in [1.54, 1.807) is 24.3 Å². The Morgan fingerprint density at radius 3 is 2.67 bits per heavy atom. The molecule has 0 unspecified atom stereocenters. The van der Waals surface area contributed by atoms with Crippen LogP contribution in [0.3, 0.4) is 0 Å². The fourth-order valence-corrected chi connectivity index (χ4v) is 3.77. The van der Waals surface area contributed by atoms with Gasteiger partial charge in [0, 0.05) is 17.3 Å². The SMILES string of the molecule is Nc1n[nH]c2cccc(-c3ccc4c(C(=O)Nc5cccc(O)c5)cccc4c3)c12. The van der Waals surface area contributed by atoms with Crippen LogP contribution in [0.5, 0.6) is 5.75 Å². The molecule has 0 aliphatic heterocycles. The number of phenols is 1.